The first-order valence-electron chi connectivity index (χ1n) is 9.83. The largest absolute Gasteiger partial charge is 0.486 e. The van der Waals surface area contributed by atoms with Gasteiger partial charge in [-0.05, 0) is 60.7 Å². The third-order valence-electron chi connectivity index (χ3n) is 4.91. The summed E-state index contributed by atoms with van der Waals surface area (Å²) in [5.41, 5.74) is 3.59. The second-order valence-corrected chi connectivity index (χ2v) is 7.88. The van der Waals surface area contributed by atoms with E-state index in [4.69, 9.17) is 33.3 Å². The minimum absolute atomic E-state index is 0.119. The van der Waals surface area contributed by atoms with Crippen LogP contribution < -0.4 is 20.1 Å². The van der Waals surface area contributed by atoms with Crippen molar-refractivity contribution in [3.05, 3.63) is 71.2 Å². The second kappa shape index (κ2) is 8.49. The summed E-state index contributed by atoms with van der Waals surface area (Å²) in [5, 5.41) is 6.23. The van der Waals surface area contributed by atoms with Gasteiger partial charge in [-0.3, -0.25) is 10.1 Å². The van der Waals surface area contributed by atoms with Gasteiger partial charge in [-0.15, -0.1) is 0 Å². The van der Waals surface area contributed by atoms with Crippen molar-refractivity contribution in [2.75, 3.05) is 18.5 Å². The number of aromatic amines is 1. The number of para-hydroxylation sites is 2. The quantitative estimate of drug-likeness (QED) is 0.378. The van der Waals surface area contributed by atoms with Crippen LogP contribution in [0.5, 0.6) is 11.5 Å². The molecule has 0 saturated heterocycles. The number of carbonyl (C=O) groups is 1. The molecule has 1 amide bonds. The number of nitrogens with one attached hydrogen (secondary N) is 3. The zero-order valence-electron chi connectivity index (χ0n) is 16.6. The number of amides is 1. The maximum absolute atomic E-state index is 12.6. The van der Waals surface area contributed by atoms with E-state index in [9.17, 15) is 4.79 Å². The van der Waals surface area contributed by atoms with Crippen molar-refractivity contribution in [2.45, 2.75) is 0 Å². The number of halogens is 1. The van der Waals surface area contributed by atoms with Gasteiger partial charge >= 0.3 is 0 Å². The number of rotatable bonds is 3. The van der Waals surface area contributed by atoms with Gasteiger partial charge in [0.2, 0.25) is 0 Å². The number of anilines is 1. The van der Waals surface area contributed by atoms with Gasteiger partial charge in [-0.25, -0.2) is 4.98 Å². The molecular weight excluding hydrogens is 448 g/mol. The normalized spacial score (nSPS) is 12.4. The van der Waals surface area contributed by atoms with E-state index in [1.165, 1.54) is 0 Å². The predicted octanol–water partition coefficient (Wildman–Crippen LogP) is 4.78. The van der Waals surface area contributed by atoms with Crippen molar-refractivity contribution in [3.63, 3.8) is 0 Å². The van der Waals surface area contributed by atoms with Crippen molar-refractivity contribution >= 4 is 51.6 Å². The van der Waals surface area contributed by atoms with E-state index >= 15 is 0 Å². The second-order valence-electron chi connectivity index (χ2n) is 7.06. The molecule has 0 atom stereocenters. The van der Waals surface area contributed by atoms with Crippen LogP contribution in [0.15, 0.2) is 60.7 Å². The number of aromatic nitrogens is 2. The summed E-state index contributed by atoms with van der Waals surface area (Å²) in [6, 6.07) is 18.2. The highest BCUT2D eigenvalue weighted by Crippen LogP contribution is 2.31. The SMILES string of the molecule is O=C(NC(=S)Nc1cc(-c2nc3ccccc3[nH]2)ccc1Cl)c1ccc2c(c1)OCCO2. The van der Waals surface area contributed by atoms with Crippen LogP contribution in [0.2, 0.25) is 5.02 Å². The van der Waals surface area contributed by atoms with E-state index in [1.807, 2.05) is 36.4 Å². The molecule has 0 spiro atoms. The molecule has 4 aromatic rings. The molecule has 1 aliphatic rings. The van der Waals surface area contributed by atoms with Crippen molar-refractivity contribution in [2.24, 2.45) is 0 Å². The standard InChI is InChI=1S/C23H17ClN4O3S/c24-15-7-5-13(21-25-16-3-1-2-4-17(16)26-21)11-18(15)27-23(32)28-22(29)14-6-8-19-20(12-14)31-10-9-30-19/h1-8,11-12H,9-10H2,(H,25,26)(H2,27,28,29,32). The van der Waals surface area contributed by atoms with Crippen LogP contribution in [0, 0.1) is 0 Å². The lowest BCUT2D eigenvalue weighted by Gasteiger charge is -2.18. The molecule has 1 aromatic heterocycles. The van der Waals surface area contributed by atoms with E-state index in [2.05, 4.69) is 20.6 Å². The summed E-state index contributed by atoms with van der Waals surface area (Å²) in [4.78, 5) is 20.5. The summed E-state index contributed by atoms with van der Waals surface area (Å²) in [6.45, 7) is 0.929. The number of benzene rings is 3. The van der Waals surface area contributed by atoms with E-state index in [0.29, 0.717) is 46.8 Å². The van der Waals surface area contributed by atoms with E-state index in [1.54, 1.807) is 24.3 Å². The fourth-order valence-electron chi connectivity index (χ4n) is 3.37. The Hall–Kier alpha value is -3.62. The van der Waals surface area contributed by atoms with E-state index in [-0.39, 0.29) is 11.0 Å². The topological polar surface area (TPSA) is 88.3 Å². The Kier molecular flexibility index (Phi) is 5.38. The molecule has 32 heavy (non-hydrogen) atoms. The molecule has 3 N–H and O–H groups in total. The van der Waals surface area contributed by atoms with Gasteiger partial charge in [0.25, 0.3) is 5.91 Å². The molecule has 0 saturated carbocycles. The Morgan fingerprint density at radius 1 is 1.03 bits per heavy atom. The molecule has 0 radical (unpaired) electrons. The Morgan fingerprint density at radius 3 is 2.69 bits per heavy atom. The van der Waals surface area contributed by atoms with Gasteiger partial charge in [-0.2, -0.15) is 0 Å². The van der Waals surface area contributed by atoms with E-state index in [0.717, 1.165) is 16.6 Å². The minimum atomic E-state index is -0.371. The summed E-state index contributed by atoms with van der Waals surface area (Å²) < 4.78 is 11.0. The van der Waals surface area contributed by atoms with Gasteiger partial charge in [0.05, 0.1) is 21.7 Å². The Morgan fingerprint density at radius 2 is 1.84 bits per heavy atom. The molecular formula is C23H17ClN4O3S. The summed E-state index contributed by atoms with van der Waals surface area (Å²) in [6.07, 6.45) is 0. The summed E-state index contributed by atoms with van der Waals surface area (Å²) in [7, 11) is 0. The number of carbonyl (C=O) groups excluding carboxylic acids is 1. The molecule has 160 valence electrons. The van der Waals surface area contributed by atoms with Crippen molar-refractivity contribution in [1.29, 1.82) is 0 Å². The number of hydrogen-bond acceptors (Lipinski definition) is 5. The molecule has 0 fully saturated rings. The van der Waals surface area contributed by atoms with Crippen LogP contribution in [0.1, 0.15) is 10.4 Å². The number of H-pyrrole nitrogens is 1. The van der Waals surface area contributed by atoms with Gasteiger partial charge in [0.15, 0.2) is 16.6 Å². The van der Waals surface area contributed by atoms with Gasteiger partial charge in [-0.1, -0.05) is 23.7 Å². The lowest BCUT2D eigenvalue weighted by Crippen LogP contribution is -2.34. The van der Waals surface area contributed by atoms with Crippen LogP contribution in [-0.4, -0.2) is 34.2 Å². The van der Waals surface area contributed by atoms with Crippen LogP contribution in [-0.2, 0) is 0 Å². The smallest absolute Gasteiger partial charge is 0.257 e. The zero-order chi connectivity index (χ0) is 22.1. The van der Waals surface area contributed by atoms with E-state index < -0.39 is 0 Å². The molecule has 0 bridgehead atoms. The molecule has 0 unspecified atom stereocenters. The van der Waals surface area contributed by atoms with Gasteiger partial charge in [0, 0.05) is 11.1 Å². The fourth-order valence-corrected chi connectivity index (χ4v) is 3.74. The number of ether oxygens (including phenoxy) is 2. The van der Waals surface area contributed by atoms with Crippen molar-refractivity contribution < 1.29 is 14.3 Å². The molecule has 0 aliphatic carbocycles. The number of fused-ring (bicyclic) bond motifs is 2. The molecule has 9 heteroatoms. The highest BCUT2D eigenvalue weighted by Gasteiger charge is 2.16. The first-order chi connectivity index (χ1) is 15.6. The summed E-state index contributed by atoms with van der Waals surface area (Å²) >= 11 is 11.7. The molecule has 2 heterocycles. The third kappa shape index (κ3) is 4.10. The fraction of sp³-hybridized carbons (Fsp3) is 0.0870. The predicted molar refractivity (Wildman–Crippen MR) is 128 cm³/mol. The molecule has 1 aliphatic heterocycles. The van der Waals surface area contributed by atoms with Crippen LogP contribution in [0.25, 0.3) is 22.4 Å². The monoisotopic (exact) mass is 464 g/mol. The Labute approximate surface area is 193 Å². The van der Waals surface area contributed by atoms with Gasteiger partial charge in [0.1, 0.15) is 19.0 Å². The van der Waals surface area contributed by atoms with Crippen LogP contribution >= 0.6 is 23.8 Å². The van der Waals surface area contributed by atoms with Crippen LogP contribution in [0.3, 0.4) is 0 Å². The summed E-state index contributed by atoms with van der Waals surface area (Å²) in [5.74, 6) is 1.48. The Balaban J connectivity index is 1.32. The molecule has 7 nitrogen and oxygen atoms in total. The van der Waals surface area contributed by atoms with Crippen molar-refractivity contribution in [3.8, 4) is 22.9 Å². The first-order valence-corrected chi connectivity index (χ1v) is 10.6. The number of nitrogens with zero attached hydrogens (tertiary/aromatic N) is 1. The highest BCUT2D eigenvalue weighted by molar-refractivity contribution is 7.80. The minimum Gasteiger partial charge on any atom is -0.486 e. The highest BCUT2D eigenvalue weighted by atomic mass is 35.5. The number of thiocarbonyl (C=S) groups is 1. The third-order valence-corrected chi connectivity index (χ3v) is 5.44. The maximum Gasteiger partial charge on any atom is 0.257 e. The number of hydrogen-bond donors (Lipinski definition) is 3. The molecule has 3 aromatic carbocycles. The zero-order valence-corrected chi connectivity index (χ0v) is 18.2. The van der Waals surface area contributed by atoms with Crippen LogP contribution in [0.4, 0.5) is 5.69 Å². The Bertz CT molecular complexity index is 1320. The lowest BCUT2D eigenvalue weighted by atomic mass is 10.2. The van der Waals surface area contributed by atoms with Gasteiger partial charge < -0.3 is 19.8 Å². The average molecular weight is 465 g/mol. The molecule has 5 rings (SSSR count). The average Bonchev–Trinajstić information content (AvgIpc) is 3.24. The van der Waals surface area contributed by atoms with Crippen molar-refractivity contribution in [1.82, 2.24) is 15.3 Å². The maximum atomic E-state index is 12.6. The number of imidazole rings is 1. The lowest BCUT2D eigenvalue weighted by molar-refractivity contribution is 0.0976. The first kappa shape index (κ1) is 20.3.